The number of hydrogen-bond acceptors (Lipinski definition) is 0. The first-order valence-corrected chi connectivity index (χ1v) is 12.0. The van der Waals surface area contributed by atoms with Gasteiger partial charge in [-0.25, -0.2) is 0 Å². The highest BCUT2D eigenvalue weighted by Gasteiger charge is 1.94. The number of nitrogens with one attached hydrogen (secondary N) is 1. The van der Waals surface area contributed by atoms with E-state index in [1.165, 1.54) is 107 Å². The summed E-state index contributed by atoms with van der Waals surface area (Å²) in [5, 5.41) is 0. The minimum atomic E-state index is 0. The molecule has 0 amide bonds. The third-order valence-electron chi connectivity index (χ3n) is 5.11. The predicted molar refractivity (Wildman–Crippen MR) is 124 cm³/mol. The molecule has 1 aromatic carbocycles. The van der Waals surface area contributed by atoms with Gasteiger partial charge in [0.1, 0.15) is 6.54 Å². The third kappa shape index (κ3) is 23.5. The minimum Gasteiger partial charge on any atom is -1.00 e. The van der Waals surface area contributed by atoms with E-state index in [4.69, 9.17) is 0 Å². The molecule has 0 bridgehead atoms. The molecule has 0 aromatic heterocycles. The summed E-state index contributed by atoms with van der Waals surface area (Å²) in [5.74, 6) is 0. The summed E-state index contributed by atoms with van der Waals surface area (Å²) in [6, 6.07) is 10.5. The van der Waals surface area contributed by atoms with Gasteiger partial charge in [-0.05, 0) is 0 Å². The largest absolute Gasteiger partial charge is 1.00 e. The van der Waals surface area contributed by atoms with Crippen molar-refractivity contribution in [2.45, 2.75) is 117 Å². The predicted octanol–water partition coefficient (Wildman–Crippen LogP) is 4.21. The Labute approximate surface area is 184 Å². The molecule has 0 aliphatic heterocycles. The first kappa shape index (κ1) is 29.7. The number of unbranched alkanes of at least 4 members (excludes halogenated alkanes) is 14. The second-order valence-electron chi connectivity index (χ2n) is 8.47. The molecule has 28 heavy (non-hydrogen) atoms. The monoisotopic (exact) mass is 411 g/mol. The number of hydrogen-bond donors (Lipinski definition) is 1. The second-order valence-corrected chi connectivity index (χ2v) is 8.47. The first-order valence-electron chi connectivity index (χ1n) is 12.0. The van der Waals surface area contributed by atoms with Crippen molar-refractivity contribution in [3.8, 4) is 0 Å². The van der Waals surface area contributed by atoms with Crippen molar-refractivity contribution in [1.82, 2.24) is 0 Å². The summed E-state index contributed by atoms with van der Waals surface area (Å²) < 4.78 is 0. The van der Waals surface area contributed by atoms with Crippen molar-refractivity contribution in [2.24, 2.45) is 0 Å². The molecule has 0 aliphatic carbocycles. The van der Waals surface area contributed by atoms with Gasteiger partial charge < -0.3 is 17.3 Å². The number of halogens is 1. The molecule has 0 unspecified atom stereocenters. The summed E-state index contributed by atoms with van der Waals surface area (Å²) in [6.45, 7) is 5.70. The Hall–Kier alpha value is -0.530. The Balaban J connectivity index is 0. The van der Waals surface area contributed by atoms with Crippen LogP contribution in [0.2, 0.25) is 0 Å². The SMILES string of the molecule is CCCCCCCCCCCCCCCCC.C[NH+](C)Cc1ccccc1.[Cl-]. The van der Waals surface area contributed by atoms with Gasteiger partial charge in [0.25, 0.3) is 0 Å². The van der Waals surface area contributed by atoms with Crippen LogP contribution in [0.5, 0.6) is 0 Å². The Morgan fingerprint density at radius 1 is 0.536 bits per heavy atom. The number of quaternary nitrogens is 1. The normalized spacial score (nSPS) is 10.3. The van der Waals surface area contributed by atoms with Gasteiger partial charge in [0.15, 0.2) is 0 Å². The maximum atomic E-state index is 2.29. The van der Waals surface area contributed by atoms with Crippen LogP contribution in [-0.4, -0.2) is 14.1 Å². The van der Waals surface area contributed by atoms with E-state index in [-0.39, 0.29) is 12.4 Å². The van der Waals surface area contributed by atoms with Crippen LogP contribution in [0.15, 0.2) is 30.3 Å². The molecular weight excluding hydrogens is 362 g/mol. The fraction of sp³-hybridized carbons (Fsp3) is 0.769. The van der Waals surface area contributed by atoms with Crippen LogP contribution in [-0.2, 0) is 6.54 Å². The van der Waals surface area contributed by atoms with Crippen LogP contribution in [0.1, 0.15) is 116 Å². The molecule has 0 saturated heterocycles. The van der Waals surface area contributed by atoms with Crippen LogP contribution in [0.3, 0.4) is 0 Å². The van der Waals surface area contributed by atoms with E-state index in [2.05, 4.69) is 58.3 Å². The highest BCUT2D eigenvalue weighted by Crippen LogP contribution is 2.13. The van der Waals surface area contributed by atoms with Gasteiger partial charge >= 0.3 is 0 Å². The van der Waals surface area contributed by atoms with Gasteiger partial charge in [0.2, 0.25) is 0 Å². The molecule has 0 fully saturated rings. The second kappa shape index (κ2) is 24.5. The average molecular weight is 412 g/mol. The molecule has 2 heteroatoms. The standard InChI is InChI=1S/C17H36.C9H13N.ClH/c1-3-5-7-9-11-13-15-17-16-14-12-10-8-6-4-2;1-10(2)8-9-6-4-3-5-7-9;/h3-17H2,1-2H3;3-7H,8H2,1-2H3;1H. The summed E-state index contributed by atoms with van der Waals surface area (Å²) in [5.41, 5.74) is 1.41. The number of benzene rings is 1. The molecule has 166 valence electrons. The van der Waals surface area contributed by atoms with E-state index < -0.39 is 0 Å². The first-order chi connectivity index (χ1) is 13.2. The summed E-state index contributed by atoms with van der Waals surface area (Å²) in [7, 11) is 4.32. The smallest absolute Gasteiger partial charge is 0.102 e. The van der Waals surface area contributed by atoms with Crippen molar-refractivity contribution >= 4 is 0 Å². The van der Waals surface area contributed by atoms with Crippen molar-refractivity contribution in [3.05, 3.63) is 35.9 Å². The Kier molecular flexibility index (Phi) is 26.0. The van der Waals surface area contributed by atoms with Gasteiger partial charge in [0.05, 0.1) is 14.1 Å². The van der Waals surface area contributed by atoms with E-state index in [9.17, 15) is 0 Å². The van der Waals surface area contributed by atoms with Gasteiger partial charge in [-0.15, -0.1) is 0 Å². The lowest BCUT2D eigenvalue weighted by Crippen LogP contribution is -3.04. The molecule has 1 nitrogen and oxygen atoms in total. The average Bonchev–Trinajstić information content (AvgIpc) is 2.66. The van der Waals surface area contributed by atoms with Crippen LogP contribution < -0.4 is 17.3 Å². The fourth-order valence-electron chi connectivity index (χ4n) is 3.45. The lowest BCUT2D eigenvalue weighted by atomic mass is 10.0. The lowest BCUT2D eigenvalue weighted by molar-refractivity contribution is -0.872. The van der Waals surface area contributed by atoms with Crippen LogP contribution in [0.25, 0.3) is 0 Å². The summed E-state index contributed by atoms with van der Waals surface area (Å²) in [6.07, 6.45) is 21.9. The fourth-order valence-corrected chi connectivity index (χ4v) is 3.45. The van der Waals surface area contributed by atoms with Gasteiger partial charge in [-0.1, -0.05) is 140 Å². The third-order valence-corrected chi connectivity index (χ3v) is 5.11. The Morgan fingerprint density at radius 3 is 1.14 bits per heavy atom. The van der Waals surface area contributed by atoms with E-state index in [0.29, 0.717) is 0 Å². The van der Waals surface area contributed by atoms with Crippen LogP contribution in [0, 0.1) is 0 Å². The van der Waals surface area contributed by atoms with Crippen molar-refractivity contribution < 1.29 is 17.3 Å². The zero-order valence-corrected chi connectivity index (χ0v) is 20.3. The molecule has 1 N–H and O–H groups in total. The zero-order valence-electron chi connectivity index (χ0n) is 19.6. The van der Waals surface area contributed by atoms with E-state index in [1.54, 1.807) is 0 Å². The van der Waals surface area contributed by atoms with Crippen LogP contribution in [0.4, 0.5) is 0 Å². The Morgan fingerprint density at radius 2 is 0.857 bits per heavy atom. The molecule has 0 atom stereocenters. The highest BCUT2D eigenvalue weighted by atomic mass is 35.5. The summed E-state index contributed by atoms with van der Waals surface area (Å²) >= 11 is 0. The van der Waals surface area contributed by atoms with Crippen molar-refractivity contribution in [3.63, 3.8) is 0 Å². The van der Waals surface area contributed by atoms with Gasteiger partial charge in [-0.2, -0.15) is 0 Å². The Bertz CT molecular complexity index is 363. The molecule has 0 heterocycles. The highest BCUT2D eigenvalue weighted by molar-refractivity contribution is 5.12. The van der Waals surface area contributed by atoms with Gasteiger partial charge in [0, 0.05) is 5.56 Å². The lowest BCUT2D eigenvalue weighted by Gasteiger charge is -2.05. The van der Waals surface area contributed by atoms with Crippen molar-refractivity contribution in [2.75, 3.05) is 14.1 Å². The van der Waals surface area contributed by atoms with Crippen molar-refractivity contribution in [1.29, 1.82) is 0 Å². The minimum absolute atomic E-state index is 0. The van der Waals surface area contributed by atoms with E-state index in [1.807, 2.05) is 0 Å². The van der Waals surface area contributed by atoms with E-state index in [0.717, 1.165) is 6.54 Å². The molecule has 0 saturated carbocycles. The topological polar surface area (TPSA) is 4.44 Å². The maximum absolute atomic E-state index is 2.29. The molecule has 1 rings (SSSR count). The molecule has 1 aromatic rings. The molecule has 0 radical (unpaired) electrons. The van der Waals surface area contributed by atoms with E-state index >= 15 is 0 Å². The maximum Gasteiger partial charge on any atom is 0.102 e. The molecule has 0 aliphatic rings. The van der Waals surface area contributed by atoms with Crippen LogP contribution >= 0.6 is 0 Å². The molecule has 0 spiro atoms. The quantitative estimate of drug-likeness (QED) is 0.388. The molecular formula is C26H50ClN. The summed E-state index contributed by atoms with van der Waals surface area (Å²) in [4.78, 5) is 1.46. The van der Waals surface area contributed by atoms with Gasteiger partial charge in [-0.3, -0.25) is 0 Å². The zero-order chi connectivity index (χ0) is 20.0. The number of rotatable bonds is 16.